The lowest BCUT2D eigenvalue weighted by molar-refractivity contribution is -0.134. The van der Waals surface area contributed by atoms with Gasteiger partial charge in [0.25, 0.3) is 0 Å². The number of aromatic hydroxyl groups is 1. The van der Waals surface area contributed by atoms with Gasteiger partial charge in [-0.2, -0.15) is 0 Å². The third-order valence-corrected chi connectivity index (χ3v) is 8.19. The van der Waals surface area contributed by atoms with E-state index in [2.05, 4.69) is 31.6 Å². The van der Waals surface area contributed by atoms with Gasteiger partial charge in [-0.15, -0.1) is 0 Å². The van der Waals surface area contributed by atoms with Gasteiger partial charge in [-0.25, -0.2) is 4.98 Å². The maximum atomic E-state index is 12.9. The summed E-state index contributed by atoms with van der Waals surface area (Å²) in [6.07, 6.45) is 1.35. The number of rotatable bonds is 18. The van der Waals surface area contributed by atoms with E-state index in [4.69, 9.17) is 5.73 Å². The maximum absolute atomic E-state index is 12.9. The second-order valence-electron chi connectivity index (χ2n) is 11.8. The molecule has 0 fully saturated rings. The molecule has 0 aliphatic rings. The molecule has 0 saturated carbocycles. The van der Waals surface area contributed by atoms with Crippen molar-refractivity contribution < 1.29 is 39.0 Å². The second-order valence-corrected chi connectivity index (χ2v) is 12.9. The number of anilines is 1. The number of aliphatic hydroxyl groups excluding tert-OH is 1. The van der Waals surface area contributed by atoms with E-state index in [0.29, 0.717) is 15.6 Å². The van der Waals surface area contributed by atoms with Gasteiger partial charge < -0.3 is 42.5 Å². The molecule has 5 amide bonds. The molecular formula is C31H45N7O8S. The summed E-state index contributed by atoms with van der Waals surface area (Å²) in [5.41, 5.74) is 6.11. The number of phenols is 1. The highest BCUT2D eigenvalue weighted by molar-refractivity contribution is 7.15. The fourth-order valence-corrected chi connectivity index (χ4v) is 4.99. The van der Waals surface area contributed by atoms with Crippen molar-refractivity contribution in [2.45, 2.75) is 91.2 Å². The van der Waals surface area contributed by atoms with E-state index in [0.717, 1.165) is 0 Å². The second kappa shape index (κ2) is 17.9. The molecule has 0 aliphatic heterocycles. The van der Waals surface area contributed by atoms with E-state index in [1.165, 1.54) is 57.4 Å². The van der Waals surface area contributed by atoms with Gasteiger partial charge in [0.15, 0.2) is 10.9 Å². The molecule has 16 heteroatoms. The molecule has 9 N–H and O–H groups in total. The van der Waals surface area contributed by atoms with Crippen LogP contribution in [0.2, 0.25) is 0 Å². The molecule has 2 aromatic rings. The zero-order valence-corrected chi connectivity index (χ0v) is 28.1. The summed E-state index contributed by atoms with van der Waals surface area (Å²) < 4.78 is 0. The van der Waals surface area contributed by atoms with Crippen LogP contribution in [0.3, 0.4) is 0 Å². The van der Waals surface area contributed by atoms with Crippen molar-refractivity contribution in [1.29, 1.82) is 0 Å². The Morgan fingerprint density at radius 1 is 0.809 bits per heavy atom. The smallest absolute Gasteiger partial charge is 0.243 e. The lowest BCUT2D eigenvalue weighted by Gasteiger charge is -2.24. The maximum Gasteiger partial charge on any atom is 0.243 e. The van der Waals surface area contributed by atoms with Crippen LogP contribution in [0.4, 0.5) is 5.13 Å². The van der Waals surface area contributed by atoms with Crippen molar-refractivity contribution in [3.63, 3.8) is 0 Å². The molecule has 0 radical (unpaired) electrons. The zero-order chi connectivity index (χ0) is 35.4. The van der Waals surface area contributed by atoms with Crippen LogP contribution < -0.4 is 32.3 Å². The standard InChI is InChI=1S/C31H45N7O8S/c1-15(2)25(38-31-33-13-22(14-39)47-31)30(46)36-19(6)29(45)35-18(5)28(44)34-17(4)24(41)11-16(3)27(43)37-23(26(32)42)12-20-7-9-21(40)10-8-20/h7-10,13,15-19,23,25,39-40H,11-12,14H2,1-6H3,(H2,32,42)(H,33,38)(H,34,44)(H,35,45)(H,36,46)(H,37,43)/t16-,17+,18+,19+,23+,25?/m1/s1. The quantitative estimate of drug-likeness (QED) is 0.106. The lowest BCUT2D eigenvalue weighted by atomic mass is 9.98. The summed E-state index contributed by atoms with van der Waals surface area (Å²) in [5, 5.41) is 32.4. The first kappa shape index (κ1) is 38.6. The molecule has 47 heavy (non-hydrogen) atoms. The molecule has 258 valence electrons. The van der Waals surface area contributed by atoms with Crippen molar-refractivity contribution in [3.8, 4) is 5.75 Å². The van der Waals surface area contributed by atoms with Crippen LogP contribution in [0.5, 0.6) is 5.75 Å². The van der Waals surface area contributed by atoms with Crippen LogP contribution in [0.15, 0.2) is 30.5 Å². The summed E-state index contributed by atoms with van der Waals surface area (Å²) >= 11 is 1.20. The number of hydrogen-bond donors (Lipinski definition) is 8. The molecule has 1 unspecified atom stereocenters. The van der Waals surface area contributed by atoms with Gasteiger partial charge in [-0.3, -0.25) is 28.8 Å². The first-order valence-corrected chi connectivity index (χ1v) is 16.0. The summed E-state index contributed by atoms with van der Waals surface area (Å²) in [5.74, 6) is -4.49. The van der Waals surface area contributed by atoms with Crippen molar-refractivity contribution in [1.82, 2.24) is 26.3 Å². The average Bonchev–Trinajstić information content (AvgIpc) is 3.47. The highest BCUT2D eigenvalue weighted by Crippen LogP contribution is 2.20. The number of nitrogens with one attached hydrogen (secondary N) is 5. The fraction of sp³-hybridized carbons (Fsp3) is 0.516. The SMILES string of the molecule is CC(C)C(Nc1ncc(CO)s1)C(=O)N[C@@H](C)C(=O)N[C@@H](C)C(=O)N[C@@H](C)C(=O)C[C@@H](C)C(=O)N[C@@H](Cc1ccc(O)cc1)C(N)=O. The summed E-state index contributed by atoms with van der Waals surface area (Å²) in [6.45, 7) is 9.31. The topological polar surface area (TPSA) is 242 Å². The Morgan fingerprint density at radius 2 is 1.36 bits per heavy atom. The molecule has 0 aliphatic carbocycles. The van der Waals surface area contributed by atoms with Gasteiger partial charge in [0.1, 0.15) is 29.9 Å². The molecule has 0 bridgehead atoms. The molecule has 0 spiro atoms. The first-order chi connectivity index (χ1) is 22.0. The molecule has 0 saturated heterocycles. The third-order valence-electron chi connectivity index (χ3n) is 7.27. The molecule has 1 heterocycles. The largest absolute Gasteiger partial charge is 0.508 e. The number of thiazole rings is 1. The van der Waals surface area contributed by atoms with Gasteiger partial charge in [-0.05, 0) is 44.4 Å². The number of hydrogen-bond acceptors (Lipinski definition) is 11. The predicted molar refractivity (Wildman–Crippen MR) is 175 cm³/mol. The number of carbonyl (C=O) groups is 6. The van der Waals surface area contributed by atoms with Crippen LogP contribution in [0, 0.1) is 11.8 Å². The normalized spacial score (nSPS) is 14.9. The summed E-state index contributed by atoms with van der Waals surface area (Å²) in [4.78, 5) is 80.7. The number of aliphatic hydroxyl groups is 1. The van der Waals surface area contributed by atoms with E-state index < -0.39 is 71.4 Å². The van der Waals surface area contributed by atoms with Gasteiger partial charge in [0.2, 0.25) is 29.5 Å². The first-order valence-electron chi connectivity index (χ1n) is 15.2. The zero-order valence-electron chi connectivity index (χ0n) is 27.3. The number of nitrogens with zero attached hydrogens (tertiary/aromatic N) is 1. The van der Waals surface area contributed by atoms with Crippen LogP contribution in [-0.4, -0.2) is 80.7 Å². The number of phenolic OH excluding ortho intramolecular Hbond substituents is 1. The van der Waals surface area contributed by atoms with Crippen LogP contribution >= 0.6 is 11.3 Å². The lowest BCUT2D eigenvalue weighted by Crippen LogP contribution is -2.55. The monoisotopic (exact) mass is 675 g/mol. The Kier molecular flexibility index (Phi) is 14.7. The minimum absolute atomic E-state index is 0.0488. The third kappa shape index (κ3) is 12.3. The van der Waals surface area contributed by atoms with E-state index in [1.807, 2.05) is 13.8 Å². The van der Waals surface area contributed by atoms with Gasteiger partial charge >= 0.3 is 0 Å². The number of aromatic nitrogens is 1. The van der Waals surface area contributed by atoms with Crippen LogP contribution in [0.1, 0.15) is 58.4 Å². The summed E-state index contributed by atoms with van der Waals surface area (Å²) in [6, 6.07) is 1.27. The van der Waals surface area contributed by atoms with Crippen LogP contribution in [-0.2, 0) is 41.8 Å². The molecule has 6 atom stereocenters. The predicted octanol–water partition coefficient (Wildman–Crippen LogP) is 0.0997. The minimum Gasteiger partial charge on any atom is -0.508 e. The minimum atomic E-state index is -1.06. The summed E-state index contributed by atoms with van der Waals surface area (Å²) in [7, 11) is 0. The van der Waals surface area contributed by atoms with E-state index in [1.54, 1.807) is 12.1 Å². The highest BCUT2D eigenvalue weighted by atomic mass is 32.1. The fourth-order valence-electron chi connectivity index (χ4n) is 4.28. The Bertz CT molecular complexity index is 1410. The van der Waals surface area contributed by atoms with E-state index in [-0.39, 0.29) is 31.1 Å². The molecule has 1 aromatic carbocycles. The van der Waals surface area contributed by atoms with Crippen molar-refractivity contribution in [3.05, 3.63) is 40.9 Å². The van der Waals surface area contributed by atoms with Gasteiger partial charge in [0, 0.05) is 25.0 Å². The number of benzene rings is 1. The van der Waals surface area contributed by atoms with Gasteiger partial charge in [0.05, 0.1) is 17.5 Å². The number of Topliss-reactive ketones (excluding diaryl/α,β-unsaturated/α-hetero) is 1. The Balaban J connectivity index is 1.85. The average molecular weight is 676 g/mol. The van der Waals surface area contributed by atoms with Crippen molar-refractivity contribution in [2.24, 2.45) is 17.6 Å². The molecule has 2 rings (SSSR count). The van der Waals surface area contributed by atoms with E-state index in [9.17, 15) is 39.0 Å². The van der Waals surface area contributed by atoms with Crippen molar-refractivity contribution >= 4 is 51.8 Å². The van der Waals surface area contributed by atoms with Crippen LogP contribution in [0.25, 0.3) is 0 Å². The number of amides is 5. The Hall–Kier alpha value is -4.57. The highest BCUT2D eigenvalue weighted by Gasteiger charge is 2.29. The van der Waals surface area contributed by atoms with Crippen molar-refractivity contribution in [2.75, 3.05) is 5.32 Å². The number of primary amides is 1. The number of carbonyl (C=O) groups excluding carboxylic acids is 6. The van der Waals surface area contributed by atoms with E-state index >= 15 is 0 Å². The Morgan fingerprint density at radius 3 is 1.87 bits per heavy atom. The Labute approximate surface area is 277 Å². The molecule has 1 aromatic heterocycles. The molecule has 15 nitrogen and oxygen atoms in total. The number of ketones is 1. The molecular weight excluding hydrogens is 630 g/mol. The number of nitrogens with two attached hydrogens (primary N) is 1. The van der Waals surface area contributed by atoms with Gasteiger partial charge in [-0.1, -0.05) is 44.2 Å².